The van der Waals surface area contributed by atoms with E-state index in [4.69, 9.17) is 11.6 Å². The fourth-order valence-corrected chi connectivity index (χ4v) is 2.59. The average molecular weight is 349 g/mol. The van der Waals surface area contributed by atoms with Gasteiger partial charge in [-0.05, 0) is 28.8 Å². The first-order valence-corrected chi connectivity index (χ1v) is 7.29. The van der Waals surface area contributed by atoms with Gasteiger partial charge in [-0.3, -0.25) is 4.98 Å². The Hall–Kier alpha value is -0.850. The van der Waals surface area contributed by atoms with E-state index in [0.717, 1.165) is 25.7 Å². The van der Waals surface area contributed by atoms with Crippen LogP contribution in [0.4, 0.5) is 10.5 Å². The summed E-state index contributed by atoms with van der Waals surface area (Å²) < 4.78 is 0.615. The summed E-state index contributed by atoms with van der Waals surface area (Å²) in [6.07, 6.45) is 6.09. The van der Waals surface area contributed by atoms with Crippen LogP contribution >= 0.6 is 27.5 Å². The van der Waals surface area contributed by atoms with Gasteiger partial charge in [0.2, 0.25) is 0 Å². The normalized spacial score (nSPS) is 22.9. The Morgan fingerprint density at radius 1 is 1.42 bits per heavy atom. The van der Waals surface area contributed by atoms with Crippen molar-refractivity contribution >= 4 is 39.2 Å². The van der Waals surface area contributed by atoms with Crippen LogP contribution in [0.5, 0.6) is 0 Å². The highest BCUT2D eigenvalue weighted by Crippen LogP contribution is 2.28. The molecule has 1 fully saturated rings. The Balaban J connectivity index is 1.95. The van der Waals surface area contributed by atoms with Gasteiger partial charge in [-0.2, -0.15) is 0 Å². The zero-order valence-electron chi connectivity index (χ0n) is 10.2. The molecule has 104 valence electrons. The molecule has 1 saturated carbocycles. The van der Waals surface area contributed by atoms with E-state index in [2.05, 4.69) is 31.5 Å². The molecule has 1 heterocycles. The molecule has 0 aromatic carbocycles. The Bertz CT molecular complexity index is 472. The number of urea groups is 1. The minimum absolute atomic E-state index is 0.201. The minimum atomic E-state index is -0.476. The Kier molecular flexibility index (Phi) is 5.01. The largest absolute Gasteiger partial charge is 0.391 e. The van der Waals surface area contributed by atoms with Gasteiger partial charge in [0.15, 0.2) is 0 Å². The quantitative estimate of drug-likeness (QED) is 0.769. The van der Waals surface area contributed by atoms with Gasteiger partial charge in [0.25, 0.3) is 0 Å². The maximum Gasteiger partial charge on any atom is 0.319 e. The lowest BCUT2D eigenvalue weighted by molar-refractivity contribution is 0.0955. The summed E-state index contributed by atoms with van der Waals surface area (Å²) in [6.45, 7) is 0. The number of halogens is 2. The number of hydrogen-bond acceptors (Lipinski definition) is 3. The highest BCUT2D eigenvalue weighted by Gasteiger charge is 2.24. The van der Waals surface area contributed by atoms with Crippen molar-refractivity contribution < 1.29 is 9.90 Å². The van der Waals surface area contributed by atoms with Gasteiger partial charge in [0.1, 0.15) is 0 Å². The first kappa shape index (κ1) is 14.6. The van der Waals surface area contributed by atoms with Crippen LogP contribution in [0.15, 0.2) is 16.9 Å². The summed E-state index contributed by atoms with van der Waals surface area (Å²) >= 11 is 9.27. The molecule has 3 N–H and O–H groups in total. The van der Waals surface area contributed by atoms with Gasteiger partial charge in [-0.25, -0.2) is 4.79 Å². The molecular weight excluding hydrogens is 334 g/mol. The van der Waals surface area contributed by atoms with Crippen LogP contribution in [-0.4, -0.2) is 28.3 Å². The number of anilines is 1. The summed E-state index contributed by atoms with van der Waals surface area (Å²) in [5, 5.41) is 15.6. The maximum absolute atomic E-state index is 11.9. The van der Waals surface area contributed by atoms with Gasteiger partial charge < -0.3 is 15.7 Å². The van der Waals surface area contributed by atoms with Crippen molar-refractivity contribution in [2.24, 2.45) is 0 Å². The second-order valence-corrected chi connectivity index (χ2v) is 5.77. The van der Waals surface area contributed by atoms with Crippen molar-refractivity contribution in [3.63, 3.8) is 0 Å². The Morgan fingerprint density at radius 2 is 2.16 bits per heavy atom. The monoisotopic (exact) mass is 347 g/mol. The molecule has 0 saturated heterocycles. The van der Waals surface area contributed by atoms with Crippen molar-refractivity contribution in [2.45, 2.75) is 37.8 Å². The third-order valence-electron chi connectivity index (χ3n) is 3.13. The first-order chi connectivity index (χ1) is 9.08. The van der Waals surface area contributed by atoms with Gasteiger partial charge in [-0.1, -0.05) is 24.4 Å². The van der Waals surface area contributed by atoms with E-state index in [1.807, 2.05) is 0 Å². The lowest BCUT2D eigenvalue weighted by Gasteiger charge is -2.28. The van der Waals surface area contributed by atoms with Crippen molar-refractivity contribution in [3.05, 3.63) is 21.9 Å². The van der Waals surface area contributed by atoms with Crippen molar-refractivity contribution in [2.75, 3.05) is 5.32 Å². The van der Waals surface area contributed by atoms with Gasteiger partial charge in [-0.15, -0.1) is 0 Å². The van der Waals surface area contributed by atoms with Crippen LogP contribution in [0, 0.1) is 0 Å². The number of nitrogens with zero attached hydrogens (tertiary/aromatic N) is 1. The van der Waals surface area contributed by atoms with Crippen LogP contribution < -0.4 is 10.6 Å². The third-order valence-corrected chi connectivity index (χ3v) is 4.37. The van der Waals surface area contributed by atoms with Crippen LogP contribution in [0.3, 0.4) is 0 Å². The molecule has 2 unspecified atom stereocenters. The number of carbonyl (C=O) groups excluding carboxylic acids is 1. The summed E-state index contributed by atoms with van der Waals surface area (Å²) in [6, 6.07) is -0.583. The van der Waals surface area contributed by atoms with E-state index in [0.29, 0.717) is 15.2 Å². The van der Waals surface area contributed by atoms with Gasteiger partial charge in [0.05, 0.1) is 33.5 Å². The predicted molar refractivity (Wildman–Crippen MR) is 77.4 cm³/mol. The van der Waals surface area contributed by atoms with Crippen molar-refractivity contribution in [1.29, 1.82) is 0 Å². The van der Waals surface area contributed by atoms with E-state index >= 15 is 0 Å². The summed E-state index contributed by atoms with van der Waals surface area (Å²) in [4.78, 5) is 15.8. The van der Waals surface area contributed by atoms with E-state index < -0.39 is 6.10 Å². The number of hydrogen-bond donors (Lipinski definition) is 3. The number of nitrogens with one attached hydrogen (secondary N) is 2. The molecule has 2 atom stereocenters. The molecule has 1 aliphatic carbocycles. The van der Waals surface area contributed by atoms with Crippen molar-refractivity contribution in [3.8, 4) is 0 Å². The molecule has 2 rings (SSSR count). The predicted octanol–water partition coefficient (Wildman–Crippen LogP) is 2.92. The lowest BCUT2D eigenvalue weighted by atomic mass is 9.93. The van der Waals surface area contributed by atoms with E-state index in [9.17, 15) is 9.90 Å². The summed E-state index contributed by atoms with van der Waals surface area (Å²) in [5.74, 6) is 0. The third kappa shape index (κ3) is 3.81. The number of amides is 2. The second-order valence-electron chi connectivity index (χ2n) is 4.54. The first-order valence-electron chi connectivity index (χ1n) is 6.12. The zero-order chi connectivity index (χ0) is 13.8. The molecule has 0 spiro atoms. The van der Waals surface area contributed by atoms with Crippen LogP contribution in [0.1, 0.15) is 25.7 Å². The molecule has 0 bridgehead atoms. The fourth-order valence-electron chi connectivity index (χ4n) is 2.11. The van der Waals surface area contributed by atoms with E-state index in [1.54, 1.807) is 6.20 Å². The molecule has 1 aromatic rings. The number of aromatic nitrogens is 1. The lowest BCUT2D eigenvalue weighted by Crippen LogP contribution is -2.46. The Labute approximate surface area is 124 Å². The SMILES string of the molecule is O=C(Nc1cncc(Br)c1Cl)NC1CCCCC1O. The average Bonchev–Trinajstić information content (AvgIpc) is 2.38. The highest BCUT2D eigenvalue weighted by molar-refractivity contribution is 9.10. The molecular formula is C12H15BrClN3O2. The number of aliphatic hydroxyl groups is 1. The fraction of sp³-hybridized carbons (Fsp3) is 0.500. The topological polar surface area (TPSA) is 74.2 Å². The van der Waals surface area contributed by atoms with E-state index in [-0.39, 0.29) is 12.1 Å². The smallest absolute Gasteiger partial charge is 0.319 e. The zero-order valence-corrected chi connectivity index (χ0v) is 12.5. The van der Waals surface area contributed by atoms with Crippen LogP contribution in [-0.2, 0) is 0 Å². The highest BCUT2D eigenvalue weighted by atomic mass is 79.9. The molecule has 1 aromatic heterocycles. The summed E-state index contributed by atoms with van der Waals surface area (Å²) in [7, 11) is 0. The second kappa shape index (κ2) is 6.54. The molecule has 1 aliphatic rings. The molecule has 7 heteroatoms. The number of rotatable bonds is 2. The number of aliphatic hydroxyl groups excluding tert-OH is 1. The van der Waals surface area contributed by atoms with Crippen molar-refractivity contribution in [1.82, 2.24) is 10.3 Å². The molecule has 5 nitrogen and oxygen atoms in total. The van der Waals surface area contributed by atoms with Gasteiger partial charge >= 0.3 is 6.03 Å². The molecule has 19 heavy (non-hydrogen) atoms. The molecule has 0 aliphatic heterocycles. The molecule has 2 amide bonds. The van der Waals surface area contributed by atoms with Crippen LogP contribution in [0.25, 0.3) is 0 Å². The number of pyridine rings is 1. The standard InChI is InChI=1S/C12H15BrClN3O2/c13-7-5-15-6-9(11(7)14)17-12(19)16-8-3-1-2-4-10(8)18/h5-6,8,10,18H,1-4H2,(H2,16,17,19). The van der Waals surface area contributed by atoms with Crippen LogP contribution in [0.2, 0.25) is 5.02 Å². The maximum atomic E-state index is 11.9. The van der Waals surface area contributed by atoms with E-state index in [1.165, 1.54) is 6.20 Å². The Morgan fingerprint density at radius 3 is 2.89 bits per heavy atom. The molecule has 0 radical (unpaired) electrons. The number of carbonyl (C=O) groups is 1. The minimum Gasteiger partial charge on any atom is -0.391 e. The summed E-state index contributed by atoms with van der Waals surface area (Å²) in [5.41, 5.74) is 0.429. The van der Waals surface area contributed by atoms with Gasteiger partial charge in [0, 0.05) is 6.20 Å².